The molecule has 0 aliphatic carbocycles. The van der Waals surface area contributed by atoms with Crippen LogP contribution in [0, 0.1) is 6.92 Å². The van der Waals surface area contributed by atoms with Crippen LogP contribution in [0.15, 0.2) is 48.5 Å². The number of hydrogen-bond acceptors (Lipinski definition) is 1. The second-order valence-electron chi connectivity index (χ2n) is 4.95. The fourth-order valence-electron chi connectivity index (χ4n) is 2.90. The number of nitrogens with zero attached hydrogens (tertiary/aromatic N) is 1. The van der Waals surface area contributed by atoms with Crippen LogP contribution in [0.5, 0.6) is 0 Å². The summed E-state index contributed by atoms with van der Waals surface area (Å²) in [6.45, 7) is 10.2. The monoisotopic (exact) mass is 324 g/mol. The van der Waals surface area contributed by atoms with Gasteiger partial charge in [-0.2, -0.15) is 4.57 Å². The van der Waals surface area contributed by atoms with Crippen molar-refractivity contribution < 1.29 is 4.57 Å². The molecule has 1 heterocycles. The van der Waals surface area contributed by atoms with E-state index in [1.165, 1.54) is 36.8 Å². The zero-order valence-corrected chi connectivity index (χ0v) is 15.8. The first kappa shape index (κ1) is 17.4. The third kappa shape index (κ3) is 2.84. The maximum atomic E-state index is 2.31. The molecule has 0 saturated heterocycles. The molecule has 0 fully saturated rings. The summed E-state index contributed by atoms with van der Waals surface area (Å²) in [5.41, 5.74) is 1.36. The first-order valence-electron chi connectivity index (χ1n) is 8.46. The molecule has 0 N–H and O–H groups in total. The lowest BCUT2D eigenvalue weighted by atomic mass is 10.0. The number of thiazole rings is 1. The molecule has 0 unspecified atom stereocenters. The molecule has 0 aliphatic heterocycles. The van der Waals surface area contributed by atoms with Crippen molar-refractivity contribution in [1.82, 2.24) is 0 Å². The molecule has 4 aromatic rings. The van der Waals surface area contributed by atoms with Crippen molar-refractivity contribution in [2.24, 2.45) is 7.05 Å². The Balaban J connectivity index is 0.000000448. The van der Waals surface area contributed by atoms with Gasteiger partial charge in [-0.1, -0.05) is 81.5 Å². The van der Waals surface area contributed by atoms with Gasteiger partial charge in [0.05, 0.1) is 5.39 Å². The molecule has 120 valence electrons. The Morgan fingerprint density at radius 3 is 1.70 bits per heavy atom. The lowest BCUT2D eigenvalue weighted by molar-refractivity contribution is -0.645. The van der Waals surface area contributed by atoms with Crippen LogP contribution in [0.1, 0.15) is 32.7 Å². The topological polar surface area (TPSA) is 3.88 Å². The standard InChI is InChI=1S/C17H14NS.2C2H6/c1-11-18(2)16-14-9-5-3-7-12(14)13-8-4-6-10-15(13)17(16)19-11;2*1-2/h3-10H,1-2H3;2*1-2H3/q+1;;. The van der Waals surface area contributed by atoms with Crippen molar-refractivity contribution in [3.05, 3.63) is 53.5 Å². The van der Waals surface area contributed by atoms with Crippen LogP contribution in [0.3, 0.4) is 0 Å². The molecule has 0 atom stereocenters. The van der Waals surface area contributed by atoms with Crippen molar-refractivity contribution in [2.75, 3.05) is 0 Å². The maximum Gasteiger partial charge on any atom is 0.234 e. The van der Waals surface area contributed by atoms with Gasteiger partial charge in [0.2, 0.25) is 10.5 Å². The summed E-state index contributed by atoms with van der Waals surface area (Å²) >= 11 is 1.89. The van der Waals surface area contributed by atoms with E-state index in [0.717, 1.165) is 0 Å². The smallest absolute Gasteiger partial charge is 0.188 e. The van der Waals surface area contributed by atoms with E-state index < -0.39 is 0 Å². The molecule has 0 bridgehead atoms. The molecule has 1 aromatic heterocycles. The largest absolute Gasteiger partial charge is 0.234 e. The number of aryl methyl sites for hydroxylation is 2. The average Bonchev–Trinajstić information content (AvgIpc) is 2.94. The van der Waals surface area contributed by atoms with Crippen molar-refractivity contribution in [3.63, 3.8) is 0 Å². The highest BCUT2D eigenvalue weighted by Crippen LogP contribution is 2.36. The van der Waals surface area contributed by atoms with E-state index in [-0.39, 0.29) is 0 Å². The summed E-state index contributed by atoms with van der Waals surface area (Å²) in [6.07, 6.45) is 0. The van der Waals surface area contributed by atoms with Crippen LogP contribution in [-0.2, 0) is 7.05 Å². The molecule has 0 spiro atoms. The summed E-state index contributed by atoms with van der Waals surface area (Å²) in [6, 6.07) is 17.4. The van der Waals surface area contributed by atoms with E-state index in [9.17, 15) is 0 Å². The Kier molecular flexibility index (Phi) is 5.73. The summed E-state index contributed by atoms with van der Waals surface area (Å²) in [4.78, 5) is 0. The first-order valence-corrected chi connectivity index (χ1v) is 9.27. The summed E-state index contributed by atoms with van der Waals surface area (Å²) in [7, 11) is 2.16. The van der Waals surface area contributed by atoms with Crippen LogP contribution >= 0.6 is 11.3 Å². The van der Waals surface area contributed by atoms with Crippen LogP contribution in [0.4, 0.5) is 0 Å². The predicted octanol–water partition coefficient (Wildman–Crippen LogP) is 6.39. The minimum absolute atomic E-state index is 1.34. The minimum Gasteiger partial charge on any atom is -0.188 e. The minimum atomic E-state index is 1.34. The number of hydrogen-bond donors (Lipinski definition) is 0. The van der Waals surface area contributed by atoms with E-state index in [4.69, 9.17) is 0 Å². The van der Waals surface area contributed by atoms with Gasteiger partial charge in [-0.15, -0.1) is 0 Å². The van der Waals surface area contributed by atoms with Gasteiger partial charge in [0.15, 0.2) is 0 Å². The van der Waals surface area contributed by atoms with Gasteiger partial charge < -0.3 is 0 Å². The first-order chi connectivity index (χ1) is 11.3. The normalized spacial score (nSPS) is 10.2. The molecule has 0 aliphatic rings. The molecule has 3 aromatic carbocycles. The summed E-state index contributed by atoms with van der Waals surface area (Å²) in [5, 5.41) is 6.76. The van der Waals surface area contributed by atoms with Crippen LogP contribution in [0.2, 0.25) is 0 Å². The quantitative estimate of drug-likeness (QED) is 0.260. The molecular formula is C21H26NS+. The van der Waals surface area contributed by atoms with Gasteiger partial charge in [-0.05, 0) is 16.8 Å². The molecule has 23 heavy (non-hydrogen) atoms. The van der Waals surface area contributed by atoms with Gasteiger partial charge in [0.1, 0.15) is 11.7 Å². The van der Waals surface area contributed by atoms with Gasteiger partial charge in [0.25, 0.3) is 0 Å². The molecule has 0 amide bonds. The highest BCUT2D eigenvalue weighted by molar-refractivity contribution is 7.19. The molecule has 1 nitrogen and oxygen atoms in total. The van der Waals surface area contributed by atoms with E-state index in [1.54, 1.807) is 0 Å². The number of fused-ring (bicyclic) bond motifs is 6. The average molecular weight is 325 g/mol. The third-order valence-electron chi connectivity index (χ3n) is 3.92. The Hall–Kier alpha value is -1.93. The Morgan fingerprint density at radius 2 is 1.13 bits per heavy atom. The zero-order valence-electron chi connectivity index (χ0n) is 15.0. The number of benzene rings is 3. The highest BCUT2D eigenvalue weighted by atomic mass is 32.1. The molecule has 0 saturated carbocycles. The van der Waals surface area contributed by atoms with Crippen LogP contribution in [0.25, 0.3) is 31.8 Å². The molecule has 2 heteroatoms. The van der Waals surface area contributed by atoms with Crippen molar-refractivity contribution in [3.8, 4) is 0 Å². The van der Waals surface area contributed by atoms with E-state index in [0.29, 0.717) is 0 Å². The number of aromatic nitrogens is 1. The fourth-order valence-corrected chi connectivity index (χ4v) is 4.06. The SMILES string of the molecule is CC.CC.Cc1sc2c3ccccc3c3ccccc3c2[n+]1C. The zero-order chi connectivity index (χ0) is 17.0. The number of rotatable bonds is 0. The summed E-state index contributed by atoms with van der Waals surface area (Å²) < 4.78 is 3.71. The molecular weight excluding hydrogens is 298 g/mol. The highest BCUT2D eigenvalue weighted by Gasteiger charge is 2.19. The van der Waals surface area contributed by atoms with E-state index in [1.807, 2.05) is 39.0 Å². The molecule has 4 rings (SSSR count). The predicted molar refractivity (Wildman–Crippen MR) is 105 cm³/mol. The van der Waals surface area contributed by atoms with E-state index >= 15 is 0 Å². The van der Waals surface area contributed by atoms with Gasteiger partial charge in [-0.3, -0.25) is 0 Å². The lowest BCUT2D eigenvalue weighted by Gasteiger charge is -2.03. The van der Waals surface area contributed by atoms with Gasteiger partial charge in [0, 0.05) is 12.3 Å². The van der Waals surface area contributed by atoms with Crippen molar-refractivity contribution in [2.45, 2.75) is 34.6 Å². The third-order valence-corrected chi connectivity index (χ3v) is 5.10. The Morgan fingerprint density at radius 1 is 0.696 bits per heavy atom. The second kappa shape index (κ2) is 7.56. The van der Waals surface area contributed by atoms with Crippen LogP contribution < -0.4 is 4.57 Å². The lowest BCUT2D eigenvalue weighted by Crippen LogP contribution is -2.28. The van der Waals surface area contributed by atoms with Gasteiger partial charge >= 0.3 is 0 Å². The summed E-state index contributed by atoms with van der Waals surface area (Å²) in [5.74, 6) is 0. The Labute approximate surface area is 143 Å². The Bertz CT molecular complexity index is 935. The van der Waals surface area contributed by atoms with Crippen LogP contribution in [-0.4, -0.2) is 0 Å². The van der Waals surface area contributed by atoms with Crippen molar-refractivity contribution in [1.29, 1.82) is 0 Å². The second-order valence-corrected chi connectivity index (χ2v) is 6.15. The fraction of sp³-hybridized carbons (Fsp3) is 0.286. The maximum absolute atomic E-state index is 2.31. The van der Waals surface area contributed by atoms with Crippen molar-refractivity contribution >= 4 is 43.1 Å². The molecule has 0 radical (unpaired) electrons. The van der Waals surface area contributed by atoms with Gasteiger partial charge in [-0.25, -0.2) is 0 Å². The van der Waals surface area contributed by atoms with E-state index in [2.05, 4.69) is 67.1 Å².